The number of rotatable bonds is 3. The summed E-state index contributed by atoms with van der Waals surface area (Å²) in [6.45, 7) is 1.40. The Morgan fingerprint density at radius 2 is 1.92 bits per heavy atom. The van der Waals surface area contributed by atoms with E-state index in [1.807, 2.05) is 4.98 Å². The molecular formula is C16H12F2N2O6. The number of fused-ring (bicyclic) bond motifs is 1. The van der Waals surface area contributed by atoms with Crippen LogP contribution in [0.3, 0.4) is 0 Å². The zero-order valence-electron chi connectivity index (χ0n) is 13.2. The van der Waals surface area contributed by atoms with Crippen LogP contribution in [0.1, 0.15) is 22.9 Å². The molecule has 3 rings (SSSR count). The summed E-state index contributed by atoms with van der Waals surface area (Å²) in [6, 6.07) is 1.71. The topological polar surface area (TPSA) is 122 Å². The molecule has 2 heterocycles. The van der Waals surface area contributed by atoms with Crippen LogP contribution in [0.5, 0.6) is 5.75 Å². The molecule has 1 aromatic heterocycles. The van der Waals surface area contributed by atoms with Crippen molar-refractivity contribution in [2.75, 3.05) is 0 Å². The summed E-state index contributed by atoms with van der Waals surface area (Å²) in [5.74, 6) is -5.58. The van der Waals surface area contributed by atoms with Gasteiger partial charge in [0.25, 0.3) is 5.56 Å². The second-order valence-electron chi connectivity index (χ2n) is 5.66. The van der Waals surface area contributed by atoms with Gasteiger partial charge in [-0.05, 0) is 24.6 Å². The van der Waals surface area contributed by atoms with E-state index in [-0.39, 0.29) is 23.2 Å². The van der Waals surface area contributed by atoms with Crippen molar-refractivity contribution in [2.45, 2.75) is 19.4 Å². The smallest absolute Gasteiger partial charge is 0.372 e. The molecule has 1 aliphatic rings. The predicted molar refractivity (Wildman–Crippen MR) is 83.5 cm³/mol. The van der Waals surface area contributed by atoms with E-state index in [0.29, 0.717) is 0 Å². The quantitative estimate of drug-likeness (QED) is 0.746. The molecule has 0 bridgehead atoms. The molecule has 10 heteroatoms. The third-order valence-electron chi connectivity index (χ3n) is 3.95. The minimum atomic E-state index is -1.46. The van der Waals surface area contributed by atoms with Crippen molar-refractivity contribution in [3.8, 4) is 5.75 Å². The molecule has 26 heavy (non-hydrogen) atoms. The number of carboxylic acid groups (broad SMARTS) is 1. The molecule has 0 aliphatic carbocycles. The lowest BCUT2D eigenvalue weighted by Crippen LogP contribution is -2.37. The predicted octanol–water partition coefficient (Wildman–Crippen LogP) is 1.03. The average Bonchev–Trinajstić information content (AvgIpc) is 2.57. The summed E-state index contributed by atoms with van der Waals surface area (Å²) >= 11 is 0. The van der Waals surface area contributed by atoms with Crippen LogP contribution < -0.4 is 11.2 Å². The Balaban J connectivity index is 2.15. The van der Waals surface area contributed by atoms with Crippen LogP contribution in [0.2, 0.25) is 0 Å². The van der Waals surface area contributed by atoms with Gasteiger partial charge in [-0.25, -0.2) is 18.4 Å². The highest BCUT2D eigenvalue weighted by molar-refractivity contribution is 5.88. The molecule has 1 aliphatic heterocycles. The standard InChI is InChI=1S/C16H12F2N2O6/c1-6-12-10(4-7-2-8(17)13(21)9(18)3-7)26-11(15(23)24)5-20(12)16(25)19-14(6)22/h2-3,5,10,21H,4H2,1H3,(H,23,24)(H,19,22,25). The number of benzene rings is 1. The van der Waals surface area contributed by atoms with E-state index in [0.717, 1.165) is 22.9 Å². The van der Waals surface area contributed by atoms with Gasteiger partial charge in [0, 0.05) is 12.0 Å². The van der Waals surface area contributed by atoms with E-state index in [9.17, 15) is 23.2 Å². The van der Waals surface area contributed by atoms with Gasteiger partial charge >= 0.3 is 11.7 Å². The molecule has 0 radical (unpaired) electrons. The fourth-order valence-electron chi connectivity index (χ4n) is 2.73. The summed E-state index contributed by atoms with van der Waals surface area (Å²) in [4.78, 5) is 37.2. The Morgan fingerprint density at radius 1 is 1.31 bits per heavy atom. The molecule has 3 N–H and O–H groups in total. The summed E-state index contributed by atoms with van der Waals surface area (Å²) in [7, 11) is 0. The Kier molecular flexibility index (Phi) is 4.10. The Morgan fingerprint density at radius 3 is 2.50 bits per heavy atom. The maximum atomic E-state index is 13.6. The lowest BCUT2D eigenvalue weighted by Gasteiger charge is -2.27. The van der Waals surface area contributed by atoms with Crippen LogP contribution in [0.4, 0.5) is 8.78 Å². The van der Waals surface area contributed by atoms with Gasteiger partial charge in [-0.3, -0.25) is 14.3 Å². The number of nitrogens with zero attached hydrogens (tertiary/aromatic N) is 1. The van der Waals surface area contributed by atoms with Gasteiger partial charge in [0.1, 0.15) is 6.10 Å². The fourth-order valence-corrected chi connectivity index (χ4v) is 2.73. The van der Waals surface area contributed by atoms with Crippen molar-refractivity contribution >= 4 is 12.2 Å². The minimum Gasteiger partial charge on any atom is -0.503 e. The number of halogens is 2. The van der Waals surface area contributed by atoms with Crippen molar-refractivity contribution in [1.29, 1.82) is 0 Å². The van der Waals surface area contributed by atoms with Crippen LogP contribution in [0.25, 0.3) is 6.20 Å². The van der Waals surface area contributed by atoms with Crippen LogP contribution in [0, 0.1) is 18.6 Å². The molecular weight excluding hydrogens is 354 g/mol. The highest BCUT2D eigenvalue weighted by Crippen LogP contribution is 2.31. The van der Waals surface area contributed by atoms with Crippen LogP contribution in [0.15, 0.2) is 27.5 Å². The molecule has 1 aromatic carbocycles. The van der Waals surface area contributed by atoms with Crippen molar-refractivity contribution < 1.29 is 28.5 Å². The number of phenols is 1. The van der Waals surface area contributed by atoms with Crippen molar-refractivity contribution in [1.82, 2.24) is 9.55 Å². The van der Waals surface area contributed by atoms with Crippen molar-refractivity contribution in [3.05, 3.63) is 67.2 Å². The summed E-state index contributed by atoms with van der Waals surface area (Å²) in [5.41, 5.74) is -1.36. The third kappa shape index (κ3) is 2.85. The normalized spacial score (nSPS) is 15.8. The summed E-state index contributed by atoms with van der Waals surface area (Å²) in [6.07, 6.45) is -0.496. The highest BCUT2D eigenvalue weighted by Gasteiger charge is 2.30. The van der Waals surface area contributed by atoms with Gasteiger partial charge in [-0.1, -0.05) is 0 Å². The molecule has 8 nitrogen and oxygen atoms in total. The first-order valence-electron chi connectivity index (χ1n) is 7.33. The second kappa shape index (κ2) is 6.14. The number of nitrogens with one attached hydrogen (secondary N) is 1. The van der Waals surface area contributed by atoms with Gasteiger partial charge < -0.3 is 14.9 Å². The Bertz CT molecular complexity index is 1050. The third-order valence-corrected chi connectivity index (χ3v) is 3.95. The zero-order chi connectivity index (χ0) is 19.2. The number of ether oxygens (including phenoxy) is 1. The van der Waals surface area contributed by atoms with Crippen LogP contribution in [-0.2, 0) is 16.0 Å². The van der Waals surface area contributed by atoms with E-state index in [1.54, 1.807) is 0 Å². The monoisotopic (exact) mass is 366 g/mol. The number of carbonyl (C=O) groups is 1. The number of hydrogen-bond acceptors (Lipinski definition) is 5. The number of hydrogen-bond donors (Lipinski definition) is 3. The lowest BCUT2D eigenvalue weighted by molar-refractivity contribution is -0.138. The van der Waals surface area contributed by atoms with Crippen LogP contribution in [-0.4, -0.2) is 25.7 Å². The summed E-state index contributed by atoms with van der Waals surface area (Å²) in [5, 5.41) is 18.3. The number of carboxylic acids is 1. The molecule has 136 valence electrons. The summed E-state index contributed by atoms with van der Waals surface area (Å²) < 4.78 is 33.4. The minimum absolute atomic E-state index is 0.0353. The first-order valence-corrected chi connectivity index (χ1v) is 7.33. The Hall–Kier alpha value is -3.43. The average molecular weight is 366 g/mol. The fraction of sp³-hybridized carbons (Fsp3) is 0.188. The molecule has 1 unspecified atom stereocenters. The Labute approximate surface area is 143 Å². The van der Waals surface area contributed by atoms with Crippen molar-refractivity contribution in [3.63, 3.8) is 0 Å². The van der Waals surface area contributed by atoms with E-state index in [4.69, 9.17) is 14.9 Å². The molecule has 0 amide bonds. The van der Waals surface area contributed by atoms with Gasteiger partial charge in [-0.15, -0.1) is 0 Å². The number of aliphatic carboxylic acids is 1. The number of H-pyrrole nitrogens is 1. The number of aromatic amines is 1. The molecule has 0 spiro atoms. The van der Waals surface area contributed by atoms with Gasteiger partial charge in [-0.2, -0.15) is 0 Å². The maximum absolute atomic E-state index is 13.6. The van der Waals surface area contributed by atoms with E-state index >= 15 is 0 Å². The second-order valence-corrected chi connectivity index (χ2v) is 5.66. The molecule has 0 saturated heterocycles. The molecule has 1 atom stereocenters. The number of phenolic OH excluding ortho intramolecular Hbond substituents is 1. The maximum Gasteiger partial charge on any atom is 0.372 e. The molecule has 2 aromatic rings. The molecule has 0 saturated carbocycles. The molecule has 0 fully saturated rings. The first kappa shape index (κ1) is 17.4. The van der Waals surface area contributed by atoms with Crippen molar-refractivity contribution in [2.24, 2.45) is 0 Å². The number of aromatic nitrogens is 2. The first-order chi connectivity index (χ1) is 12.2. The number of aromatic hydroxyl groups is 1. The lowest BCUT2D eigenvalue weighted by atomic mass is 10.0. The van der Waals surface area contributed by atoms with Crippen LogP contribution >= 0.6 is 0 Å². The van der Waals surface area contributed by atoms with E-state index in [2.05, 4.69) is 0 Å². The van der Waals surface area contributed by atoms with Gasteiger partial charge in [0.05, 0.1) is 11.9 Å². The SMILES string of the molecule is Cc1c2n(c(=O)[nH]c1=O)C=C(C(=O)O)OC2Cc1cc(F)c(O)c(F)c1. The largest absolute Gasteiger partial charge is 0.503 e. The van der Waals surface area contributed by atoms with E-state index in [1.165, 1.54) is 6.92 Å². The van der Waals surface area contributed by atoms with Gasteiger partial charge in [0.15, 0.2) is 17.4 Å². The highest BCUT2D eigenvalue weighted by atomic mass is 19.1. The van der Waals surface area contributed by atoms with E-state index < -0.39 is 46.5 Å². The zero-order valence-corrected chi connectivity index (χ0v) is 13.2. The van der Waals surface area contributed by atoms with Gasteiger partial charge in [0.2, 0.25) is 5.76 Å².